The first-order valence-corrected chi connectivity index (χ1v) is 4.69. The molecule has 0 saturated heterocycles. The van der Waals surface area contributed by atoms with E-state index in [2.05, 4.69) is 22.9 Å². The zero-order valence-electron chi connectivity index (χ0n) is 6.27. The lowest BCUT2D eigenvalue weighted by Crippen LogP contribution is -2.16. The van der Waals surface area contributed by atoms with E-state index < -0.39 is 0 Å². The van der Waals surface area contributed by atoms with Crippen molar-refractivity contribution in [2.45, 2.75) is 32.6 Å². The zero-order valence-corrected chi connectivity index (χ0v) is 7.86. The lowest BCUT2D eigenvalue weighted by molar-refractivity contribution is -0.114. The molecule has 10 heavy (non-hydrogen) atoms. The first-order valence-electron chi connectivity index (χ1n) is 3.89. The van der Waals surface area contributed by atoms with Gasteiger partial charge in [0, 0.05) is 5.92 Å². The summed E-state index contributed by atoms with van der Waals surface area (Å²) >= 11 is 3.02. The molecule has 0 aromatic carbocycles. The first kappa shape index (κ1) is 8.25. The molecule has 1 aliphatic rings. The largest absolute Gasteiger partial charge is 0.286 e. The van der Waals surface area contributed by atoms with Crippen LogP contribution in [0.4, 0.5) is 0 Å². The van der Waals surface area contributed by atoms with Crippen LogP contribution < -0.4 is 0 Å². The van der Waals surface area contributed by atoms with Crippen LogP contribution in [0, 0.1) is 11.8 Å². The van der Waals surface area contributed by atoms with Gasteiger partial charge in [0.25, 0.3) is 0 Å². The Morgan fingerprint density at radius 1 is 1.30 bits per heavy atom. The van der Waals surface area contributed by atoms with E-state index >= 15 is 0 Å². The molecule has 2 heteroatoms. The lowest BCUT2D eigenvalue weighted by atomic mass is 9.84. The topological polar surface area (TPSA) is 17.1 Å². The number of hydrogen-bond acceptors (Lipinski definition) is 1. The van der Waals surface area contributed by atoms with Gasteiger partial charge in [-0.1, -0.05) is 6.92 Å². The van der Waals surface area contributed by atoms with Crippen molar-refractivity contribution >= 4 is 20.6 Å². The quantitative estimate of drug-likeness (QED) is 0.601. The highest BCUT2D eigenvalue weighted by atomic mass is 79.9. The van der Waals surface area contributed by atoms with Crippen molar-refractivity contribution in [2.75, 3.05) is 0 Å². The third-order valence-electron chi connectivity index (χ3n) is 2.34. The summed E-state index contributed by atoms with van der Waals surface area (Å²) in [6.07, 6.45) is 4.63. The van der Waals surface area contributed by atoms with Gasteiger partial charge in [-0.3, -0.25) is 4.79 Å². The van der Waals surface area contributed by atoms with Crippen molar-refractivity contribution in [1.29, 1.82) is 0 Å². The van der Waals surface area contributed by atoms with Crippen LogP contribution in [0.15, 0.2) is 0 Å². The minimum atomic E-state index is 0.208. The van der Waals surface area contributed by atoms with Crippen LogP contribution in [-0.2, 0) is 4.79 Å². The zero-order chi connectivity index (χ0) is 7.56. The summed E-state index contributed by atoms with van der Waals surface area (Å²) in [4.78, 5) is 10.8. The summed E-state index contributed by atoms with van der Waals surface area (Å²) in [5, 5.41) is 0. The van der Waals surface area contributed by atoms with Crippen molar-refractivity contribution < 1.29 is 4.79 Å². The normalized spacial score (nSPS) is 33.8. The van der Waals surface area contributed by atoms with Gasteiger partial charge in [0.15, 0.2) is 0 Å². The third-order valence-corrected chi connectivity index (χ3v) is 2.98. The van der Waals surface area contributed by atoms with Crippen molar-refractivity contribution in [3.05, 3.63) is 0 Å². The smallest absolute Gasteiger partial charge is 0.200 e. The molecule has 1 aliphatic carbocycles. The molecule has 1 fully saturated rings. The Labute approximate surface area is 70.3 Å². The Morgan fingerprint density at radius 2 is 1.80 bits per heavy atom. The number of rotatable bonds is 1. The molecule has 0 radical (unpaired) electrons. The summed E-state index contributed by atoms with van der Waals surface area (Å²) in [5.74, 6) is 1.15. The van der Waals surface area contributed by atoms with Crippen molar-refractivity contribution in [2.24, 2.45) is 11.8 Å². The molecule has 0 unspecified atom stereocenters. The maximum absolute atomic E-state index is 10.8. The van der Waals surface area contributed by atoms with Crippen molar-refractivity contribution in [3.8, 4) is 0 Å². The lowest BCUT2D eigenvalue weighted by Gasteiger charge is -2.22. The summed E-state index contributed by atoms with van der Waals surface area (Å²) in [6, 6.07) is 0. The van der Waals surface area contributed by atoms with Gasteiger partial charge in [-0.05, 0) is 47.5 Å². The minimum absolute atomic E-state index is 0.208. The van der Waals surface area contributed by atoms with Crippen LogP contribution in [0.3, 0.4) is 0 Å². The van der Waals surface area contributed by atoms with Gasteiger partial charge in [0.05, 0.1) is 0 Å². The Bertz CT molecular complexity index is 125. The second kappa shape index (κ2) is 3.51. The summed E-state index contributed by atoms with van der Waals surface area (Å²) in [5.41, 5.74) is 0. The molecule has 0 heterocycles. The predicted octanol–water partition coefficient (Wildman–Crippen LogP) is 2.73. The SMILES string of the molecule is C[C@H]1CC[C@@H](C(=O)Br)CC1. The maximum atomic E-state index is 10.8. The Hall–Kier alpha value is 0.150. The fraction of sp³-hybridized carbons (Fsp3) is 0.875. The molecule has 0 amide bonds. The molecule has 1 nitrogen and oxygen atoms in total. The number of halogens is 1. The molecule has 1 rings (SSSR count). The highest BCUT2D eigenvalue weighted by Crippen LogP contribution is 2.29. The second-order valence-electron chi connectivity index (χ2n) is 3.26. The summed E-state index contributed by atoms with van der Waals surface area (Å²) in [6.45, 7) is 2.26. The standard InChI is InChI=1S/C8H13BrO/c1-6-2-4-7(5-3-6)8(9)10/h6-7H,2-5H2,1H3/t6-,7+. The molecule has 0 aromatic rings. The van der Waals surface area contributed by atoms with E-state index in [9.17, 15) is 4.79 Å². The molecule has 0 aromatic heterocycles. The van der Waals surface area contributed by atoms with Crippen LogP contribution in [0.5, 0.6) is 0 Å². The number of hydrogen-bond donors (Lipinski definition) is 0. The molecule has 0 aliphatic heterocycles. The van der Waals surface area contributed by atoms with E-state index in [0.717, 1.165) is 18.8 Å². The van der Waals surface area contributed by atoms with Gasteiger partial charge in [0.2, 0.25) is 4.69 Å². The van der Waals surface area contributed by atoms with E-state index in [1.54, 1.807) is 0 Å². The van der Waals surface area contributed by atoms with Gasteiger partial charge in [-0.15, -0.1) is 0 Å². The Morgan fingerprint density at radius 3 is 2.20 bits per heavy atom. The summed E-state index contributed by atoms with van der Waals surface area (Å²) < 4.78 is 0.208. The van der Waals surface area contributed by atoms with Crippen molar-refractivity contribution in [1.82, 2.24) is 0 Å². The molecule has 0 N–H and O–H groups in total. The van der Waals surface area contributed by atoms with Gasteiger partial charge >= 0.3 is 0 Å². The van der Waals surface area contributed by atoms with E-state index in [1.807, 2.05) is 0 Å². The molecule has 0 bridgehead atoms. The first-order chi connectivity index (χ1) is 4.70. The molecular weight excluding hydrogens is 192 g/mol. The van der Waals surface area contributed by atoms with E-state index in [4.69, 9.17) is 0 Å². The van der Waals surface area contributed by atoms with E-state index in [1.165, 1.54) is 12.8 Å². The number of carbonyl (C=O) groups excluding carboxylic acids is 1. The van der Waals surface area contributed by atoms with Crippen molar-refractivity contribution in [3.63, 3.8) is 0 Å². The second-order valence-corrected chi connectivity index (χ2v) is 4.04. The average molecular weight is 205 g/mol. The van der Waals surface area contributed by atoms with Crippen LogP contribution in [0.2, 0.25) is 0 Å². The fourth-order valence-electron chi connectivity index (χ4n) is 1.49. The Kier molecular flexibility index (Phi) is 2.90. The highest BCUT2D eigenvalue weighted by Gasteiger charge is 2.21. The van der Waals surface area contributed by atoms with Crippen LogP contribution in [-0.4, -0.2) is 4.69 Å². The van der Waals surface area contributed by atoms with Gasteiger partial charge in [-0.2, -0.15) is 0 Å². The van der Waals surface area contributed by atoms with Crippen LogP contribution >= 0.6 is 15.9 Å². The molecule has 58 valence electrons. The minimum Gasteiger partial charge on any atom is -0.286 e. The fourth-order valence-corrected chi connectivity index (χ4v) is 1.94. The van der Waals surface area contributed by atoms with Crippen LogP contribution in [0.1, 0.15) is 32.6 Å². The van der Waals surface area contributed by atoms with E-state index in [0.29, 0.717) is 5.92 Å². The Balaban J connectivity index is 2.33. The monoisotopic (exact) mass is 204 g/mol. The third kappa shape index (κ3) is 2.08. The molecule has 1 saturated carbocycles. The molecule has 0 spiro atoms. The highest BCUT2D eigenvalue weighted by molar-refractivity contribution is 9.18. The van der Waals surface area contributed by atoms with Gasteiger partial charge < -0.3 is 0 Å². The van der Waals surface area contributed by atoms with E-state index in [-0.39, 0.29) is 4.69 Å². The van der Waals surface area contributed by atoms with Gasteiger partial charge in [0.1, 0.15) is 0 Å². The maximum Gasteiger partial charge on any atom is 0.200 e. The van der Waals surface area contributed by atoms with Gasteiger partial charge in [-0.25, -0.2) is 0 Å². The molecular formula is C8H13BrO. The predicted molar refractivity (Wildman–Crippen MR) is 45.1 cm³/mol. The number of carbonyl (C=O) groups is 1. The average Bonchev–Trinajstić information content (AvgIpc) is 1.88. The molecule has 0 atom stereocenters. The van der Waals surface area contributed by atoms with Crippen LogP contribution in [0.25, 0.3) is 0 Å². The summed E-state index contributed by atoms with van der Waals surface area (Å²) in [7, 11) is 0.